The second-order valence-electron chi connectivity index (χ2n) is 6.98. The number of thiophene rings is 1. The Labute approximate surface area is 172 Å². The molecule has 0 spiro atoms. The highest BCUT2D eigenvalue weighted by Gasteiger charge is 2.36. The van der Waals surface area contributed by atoms with Crippen LogP contribution in [0.15, 0.2) is 40.8 Å². The molecular weight excluding hydrogens is 392 g/mol. The van der Waals surface area contributed by atoms with E-state index in [1.807, 2.05) is 35.7 Å². The van der Waals surface area contributed by atoms with Crippen LogP contribution in [0.3, 0.4) is 0 Å². The summed E-state index contributed by atoms with van der Waals surface area (Å²) in [6.07, 6.45) is 2.25. The summed E-state index contributed by atoms with van der Waals surface area (Å²) in [5.74, 6) is 0.508. The van der Waals surface area contributed by atoms with Crippen LogP contribution in [0, 0.1) is 5.92 Å². The van der Waals surface area contributed by atoms with E-state index in [1.54, 1.807) is 25.6 Å². The van der Waals surface area contributed by atoms with Gasteiger partial charge < -0.3 is 14.2 Å². The van der Waals surface area contributed by atoms with Gasteiger partial charge in [0, 0.05) is 6.42 Å². The van der Waals surface area contributed by atoms with Crippen LogP contribution in [0.4, 0.5) is 0 Å². The molecule has 1 fully saturated rings. The molecule has 1 unspecified atom stereocenters. The summed E-state index contributed by atoms with van der Waals surface area (Å²) in [7, 11) is 3.15. The zero-order valence-corrected chi connectivity index (χ0v) is 17.1. The molecule has 1 aromatic carbocycles. The van der Waals surface area contributed by atoms with E-state index in [9.17, 15) is 9.59 Å². The molecule has 1 amide bonds. The second-order valence-corrected chi connectivity index (χ2v) is 7.93. The Kier molecular flexibility index (Phi) is 5.53. The summed E-state index contributed by atoms with van der Waals surface area (Å²) >= 11 is 1.58. The number of carbonyl (C=O) groups is 2. The number of nitrogens with zero attached hydrogens (tertiary/aromatic N) is 2. The maximum absolute atomic E-state index is 12.9. The van der Waals surface area contributed by atoms with Crippen LogP contribution in [-0.4, -0.2) is 43.4 Å². The van der Waals surface area contributed by atoms with E-state index in [-0.39, 0.29) is 30.4 Å². The van der Waals surface area contributed by atoms with E-state index < -0.39 is 0 Å². The van der Waals surface area contributed by atoms with E-state index in [0.29, 0.717) is 17.9 Å². The minimum Gasteiger partial charge on any atom is -0.493 e. The molecule has 8 heteroatoms. The van der Waals surface area contributed by atoms with Gasteiger partial charge in [-0.3, -0.25) is 9.59 Å². The number of amides is 1. The molecule has 0 N–H and O–H groups in total. The molecule has 1 aliphatic carbocycles. The zero-order chi connectivity index (χ0) is 20.4. The Morgan fingerprint density at radius 3 is 2.62 bits per heavy atom. The van der Waals surface area contributed by atoms with Gasteiger partial charge in [0.2, 0.25) is 0 Å². The normalized spacial score (nSPS) is 18.3. The molecule has 0 saturated heterocycles. The van der Waals surface area contributed by atoms with Crippen molar-refractivity contribution in [1.29, 1.82) is 0 Å². The molecule has 1 saturated carbocycles. The average molecular weight is 414 g/mol. The van der Waals surface area contributed by atoms with Crippen LogP contribution in [0.25, 0.3) is 0 Å². The van der Waals surface area contributed by atoms with Gasteiger partial charge in [-0.25, -0.2) is 5.01 Å². The highest BCUT2D eigenvalue weighted by atomic mass is 32.1. The molecule has 1 aromatic heterocycles. The second kappa shape index (κ2) is 8.24. The monoisotopic (exact) mass is 414 g/mol. The standard InChI is InChI=1S/C21H22N2O5S/c1-26-17-8-7-14(10-18(17)27-2)16-11-15(19-4-3-9-29-19)22-23(16)20(24)12-28-21(25)13-5-6-13/h3-4,7-10,13,16H,5-6,11-12H2,1-2H3. The topological polar surface area (TPSA) is 77.4 Å². The van der Waals surface area contributed by atoms with Crippen molar-refractivity contribution in [2.24, 2.45) is 11.0 Å². The Hall–Kier alpha value is -2.87. The van der Waals surface area contributed by atoms with E-state index >= 15 is 0 Å². The molecule has 0 bridgehead atoms. The number of ether oxygens (including phenoxy) is 3. The van der Waals surface area contributed by atoms with Gasteiger partial charge in [0.1, 0.15) is 0 Å². The van der Waals surface area contributed by atoms with Crippen molar-refractivity contribution < 1.29 is 23.8 Å². The van der Waals surface area contributed by atoms with Gasteiger partial charge in [0.15, 0.2) is 18.1 Å². The molecule has 1 atom stereocenters. The predicted octanol–water partition coefficient (Wildman–Crippen LogP) is 3.40. The quantitative estimate of drug-likeness (QED) is 0.649. The summed E-state index contributed by atoms with van der Waals surface area (Å²) < 4.78 is 15.9. The molecule has 2 aromatic rings. The van der Waals surface area contributed by atoms with Crippen LogP contribution in [0.1, 0.15) is 35.7 Å². The minimum absolute atomic E-state index is 0.0480. The van der Waals surface area contributed by atoms with E-state index in [1.165, 1.54) is 5.01 Å². The Morgan fingerprint density at radius 2 is 1.97 bits per heavy atom. The number of hydrazone groups is 1. The fraction of sp³-hybridized carbons (Fsp3) is 0.381. The smallest absolute Gasteiger partial charge is 0.309 e. The SMILES string of the molecule is COc1ccc(C2CC(c3cccs3)=NN2C(=O)COC(=O)C2CC2)cc1OC. The maximum Gasteiger partial charge on any atom is 0.309 e. The first kappa shape index (κ1) is 19.4. The Balaban J connectivity index is 1.58. The molecule has 152 valence electrons. The third-order valence-corrected chi connectivity index (χ3v) is 5.93. The fourth-order valence-corrected chi connectivity index (χ4v) is 4.01. The van der Waals surface area contributed by atoms with Crippen molar-refractivity contribution in [3.05, 3.63) is 46.2 Å². The van der Waals surface area contributed by atoms with Crippen molar-refractivity contribution in [2.75, 3.05) is 20.8 Å². The molecule has 2 heterocycles. The number of rotatable bonds is 7. The molecule has 1 aliphatic heterocycles. The summed E-state index contributed by atoms with van der Waals surface area (Å²) in [6.45, 7) is -0.305. The first-order valence-electron chi connectivity index (χ1n) is 9.42. The molecule has 7 nitrogen and oxygen atoms in total. The van der Waals surface area contributed by atoms with Crippen LogP contribution < -0.4 is 9.47 Å². The first-order valence-corrected chi connectivity index (χ1v) is 10.3. The third kappa shape index (κ3) is 4.12. The average Bonchev–Trinajstić information content (AvgIpc) is 3.27. The third-order valence-electron chi connectivity index (χ3n) is 5.01. The summed E-state index contributed by atoms with van der Waals surface area (Å²) in [4.78, 5) is 25.7. The Morgan fingerprint density at radius 1 is 1.17 bits per heavy atom. The minimum atomic E-state index is -0.342. The highest BCUT2D eigenvalue weighted by Crippen LogP contribution is 2.38. The van der Waals surface area contributed by atoms with Crippen molar-refractivity contribution in [3.8, 4) is 11.5 Å². The van der Waals surface area contributed by atoms with E-state index in [0.717, 1.165) is 29.0 Å². The van der Waals surface area contributed by atoms with Gasteiger partial charge in [0.05, 0.1) is 36.8 Å². The van der Waals surface area contributed by atoms with Gasteiger partial charge >= 0.3 is 5.97 Å². The molecule has 4 rings (SSSR count). The van der Waals surface area contributed by atoms with E-state index in [2.05, 4.69) is 5.10 Å². The lowest BCUT2D eigenvalue weighted by Gasteiger charge is -2.22. The largest absolute Gasteiger partial charge is 0.493 e. The van der Waals surface area contributed by atoms with Gasteiger partial charge in [-0.15, -0.1) is 11.3 Å². The molecule has 2 aliphatic rings. The van der Waals surface area contributed by atoms with Crippen molar-refractivity contribution in [3.63, 3.8) is 0 Å². The van der Waals surface area contributed by atoms with Gasteiger partial charge in [-0.2, -0.15) is 5.10 Å². The number of hydrogen-bond acceptors (Lipinski definition) is 7. The van der Waals surface area contributed by atoms with Gasteiger partial charge in [0.25, 0.3) is 5.91 Å². The van der Waals surface area contributed by atoms with Gasteiger partial charge in [-0.1, -0.05) is 12.1 Å². The fourth-order valence-electron chi connectivity index (χ4n) is 3.29. The van der Waals surface area contributed by atoms with Crippen molar-refractivity contribution in [2.45, 2.75) is 25.3 Å². The lowest BCUT2D eigenvalue weighted by Crippen LogP contribution is -2.31. The Bertz CT molecular complexity index is 937. The lowest BCUT2D eigenvalue weighted by molar-refractivity contribution is -0.153. The lowest BCUT2D eigenvalue weighted by atomic mass is 10.0. The number of benzene rings is 1. The number of hydrogen-bond donors (Lipinski definition) is 0. The van der Waals surface area contributed by atoms with Crippen LogP contribution in [-0.2, 0) is 14.3 Å². The van der Waals surface area contributed by atoms with Crippen LogP contribution in [0.5, 0.6) is 11.5 Å². The zero-order valence-electron chi connectivity index (χ0n) is 16.3. The maximum atomic E-state index is 12.9. The highest BCUT2D eigenvalue weighted by molar-refractivity contribution is 7.12. The number of esters is 1. The number of methoxy groups -OCH3 is 2. The molecular formula is C21H22N2O5S. The molecule has 29 heavy (non-hydrogen) atoms. The molecule has 0 radical (unpaired) electrons. The van der Waals surface area contributed by atoms with Crippen LogP contribution in [0.2, 0.25) is 0 Å². The van der Waals surface area contributed by atoms with Gasteiger partial charge in [-0.05, 0) is 42.0 Å². The van der Waals surface area contributed by atoms with Crippen LogP contribution >= 0.6 is 11.3 Å². The number of carbonyl (C=O) groups excluding carboxylic acids is 2. The van der Waals surface area contributed by atoms with E-state index in [4.69, 9.17) is 14.2 Å². The summed E-state index contributed by atoms with van der Waals surface area (Å²) in [6, 6.07) is 9.19. The summed E-state index contributed by atoms with van der Waals surface area (Å²) in [5.41, 5.74) is 1.71. The van der Waals surface area contributed by atoms with Crippen molar-refractivity contribution in [1.82, 2.24) is 5.01 Å². The predicted molar refractivity (Wildman–Crippen MR) is 108 cm³/mol. The van der Waals surface area contributed by atoms with Crippen molar-refractivity contribution >= 4 is 28.9 Å². The summed E-state index contributed by atoms with van der Waals surface area (Å²) in [5, 5.41) is 7.98. The first-order chi connectivity index (χ1) is 14.1.